The Kier molecular flexibility index (Phi) is 2.68. The summed E-state index contributed by atoms with van der Waals surface area (Å²) in [5.74, 6) is -3.40. The van der Waals surface area contributed by atoms with Crippen LogP contribution in [0.4, 0.5) is 0 Å². The molecule has 2 unspecified atom stereocenters. The highest BCUT2D eigenvalue weighted by Crippen LogP contribution is 2.40. The summed E-state index contributed by atoms with van der Waals surface area (Å²) in [5.41, 5.74) is -3.07. The van der Waals surface area contributed by atoms with E-state index < -0.39 is 29.2 Å². The Morgan fingerprint density at radius 3 is 2.33 bits per heavy atom. The number of fused-ring (bicyclic) bond motifs is 1. The van der Waals surface area contributed by atoms with E-state index in [2.05, 4.69) is 0 Å². The van der Waals surface area contributed by atoms with Gasteiger partial charge in [0, 0.05) is 0 Å². The summed E-state index contributed by atoms with van der Waals surface area (Å²) in [7, 11) is 0. The molecule has 0 aliphatic heterocycles. The summed E-state index contributed by atoms with van der Waals surface area (Å²) < 4.78 is 0. The zero-order chi connectivity index (χ0) is 13.5. The van der Waals surface area contributed by atoms with Crippen LogP contribution in [0.15, 0.2) is 29.8 Å². The standard InChI is InChI=1S/C12H10O6/c13-9-7-4-2-1-3-6(7)5-8(10(14)15)12(9,18)11(16)17/h1-5,9,13,18H,(H,14,15)(H,16,17). The fraction of sp³-hybridized carbons (Fsp3) is 0.167. The molecule has 0 amide bonds. The number of hydrogen-bond donors (Lipinski definition) is 4. The molecule has 1 aliphatic rings. The van der Waals surface area contributed by atoms with Crippen molar-refractivity contribution in [2.24, 2.45) is 0 Å². The summed E-state index contributed by atoms with van der Waals surface area (Å²) >= 11 is 0. The zero-order valence-corrected chi connectivity index (χ0v) is 9.07. The molecule has 0 radical (unpaired) electrons. The quantitative estimate of drug-likeness (QED) is 0.588. The molecule has 0 fully saturated rings. The van der Waals surface area contributed by atoms with E-state index in [9.17, 15) is 19.8 Å². The number of aliphatic hydroxyl groups excluding tert-OH is 1. The maximum atomic E-state index is 11.1. The average Bonchev–Trinajstić information content (AvgIpc) is 2.33. The Balaban J connectivity index is 2.73. The molecule has 1 aromatic rings. The van der Waals surface area contributed by atoms with E-state index >= 15 is 0 Å². The molecular formula is C12H10O6. The highest BCUT2D eigenvalue weighted by atomic mass is 16.4. The molecule has 0 bridgehead atoms. The van der Waals surface area contributed by atoms with Gasteiger partial charge in [0.1, 0.15) is 6.10 Å². The second kappa shape index (κ2) is 3.94. The van der Waals surface area contributed by atoms with Gasteiger partial charge in [0.05, 0.1) is 5.57 Å². The number of aliphatic hydroxyl groups is 2. The fourth-order valence-corrected chi connectivity index (χ4v) is 1.99. The van der Waals surface area contributed by atoms with Crippen molar-refractivity contribution < 1.29 is 30.0 Å². The topological polar surface area (TPSA) is 115 Å². The first-order chi connectivity index (χ1) is 8.39. The first-order valence-corrected chi connectivity index (χ1v) is 5.07. The van der Waals surface area contributed by atoms with Gasteiger partial charge in [0.2, 0.25) is 5.60 Å². The molecule has 6 nitrogen and oxygen atoms in total. The molecule has 1 aliphatic carbocycles. The largest absolute Gasteiger partial charge is 0.479 e. The lowest BCUT2D eigenvalue weighted by Crippen LogP contribution is -2.50. The maximum absolute atomic E-state index is 11.1. The van der Waals surface area contributed by atoms with Gasteiger partial charge in [-0.25, -0.2) is 9.59 Å². The first-order valence-electron chi connectivity index (χ1n) is 5.07. The van der Waals surface area contributed by atoms with Crippen LogP contribution >= 0.6 is 0 Å². The molecule has 1 aromatic carbocycles. The number of aliphatic carboxylic acids is 2. The van der Waals surface area contributed by atoms with Gasteiger partial charge in [-0.2, -0.15) is 0 Å². The van der Waals surface area contributed by atoms with Gasteiger partial charge in [-0.05, 0) is 17.2 Å². The van der Waals surface area contributed by atoms with Crippen LogP contribution in [-0.2, 0) is 9.59 Å². The Bertz CT molecular complexity index is 561. The third-order valence-corrected chi connectivity index (χ3v) is 2.95. The predicted molar refractivity (Wildman–Crippen MR) is 59.6 cm³/mol. The van der Waals surface area contributed by atoms with Crippen molar-refractivity contribution in [2.75, 3.05) is 0 Å². The Hall–Kier alpha value is -2.18. The molecule has 2 rings (SSSR count). The minimum atomic E-state index is -2.85. The zero-order valence-electron chi connectivity index (χ0n) is 9.07. The summed E-state index contributed by atoms with van der Waals surface area (Å²) in [6.07, 6.45) is -0.777. The molecule has 0 heterocycles. The minimum Gasteiger partial charge on any atom is -0.479 e. The summed E-state index contributed by atoms with van der Waals surface area (Å²) in [5, 5.41) is 37.9. The van der Waals surface area contributed by atoms with Gasteiger partial charge < -0.3 is 20.4 Å². The van der Waals surface area contributed by atoms with Crippen molar-refractivity contribution in [2.45, 2.75) is 11.7 Å². The highest BCUT2D eigenvalue weighted by molar-refractivity contribution is 6.04. The van der Waals surface area contributed by atoms with Crippen molar-refractivity contribution in [3.05, 3.63) is 41.0 Å². The molecule has 0 saturated heterocycles. The molecule has 94 valence electrons. The molecular weight excluding hydrogens is 240 g/mol. The van der Waals surface area contributed by atoms with Crippen molar-refractivity contribution in [1.82, 2.24) is 0 Å². The Labute approximate surface area is 101 Å². The molecule has 6 heteroatoms. The van der Waals surface area contributed by atoms with Crippen LogP contribution in [-0.4, -0.2) is 38.0 Å². The van der Waals surface area contributed by atoms with Gasteiger partial charge in [-0.3, -0.25) is 0 Å². The van der Waals surface area contributed by atoms with E-state index in [0.29, 0.717) is 5.56 Å². The minimum absolute atomic E-state index is 0.174. The third-order valence-electron chi connectivity index (χ3n) is 2.95. The second-order valence-corrected chi connectivity index (χ2v) is 3.97. The lowest BCUT2D eigenvalue weighted by atomic mass is 9.77. The highest BCUT2D eigenvalue weighted by Gasteiger charge is 2.53. The first kappa shape index (κ1) is 12.3. The normalized spacial score (nSPS) is 26.1. The average molecular weight is 250 g/mol. The van der Waals surface area contributed by atoms with Gasteiger partial charge in [0.15, 0.2) is 0 Å². The Morgan fingerprint density at radius 1 is 1.17 bits per heavy atom. The third kappa shape index (κ3) is 1.51. The van der Waals surface area contributed by atoms with Crippen LogP contribution in [0.5, 0.6) is 0 Å². The van der Waals surface area contributed by atoms with Crippen LogP contribution < -0.4 is 0 Å². The number of carboxylic acids is 2. The van der Waals surface area contributed by atoms with Crippen LogP contribution in [0.2, 0.25) is 0 Å². The maximum Gasteiger partial charge on any atom is 0.343 e. The van der Waals surface area contributed by atoms with Crippen molar-refractivity contribution in [1.29, 1.82) is 0 Å². The monoisotopic (exact) mass is 250 g/mol. The number of carboxylic acid groups (broad SMARTS) is 2. The fourth-order valence-electron chi connectivity index (χ4n) is 1.99. The van der Waals surface area contributed by atoms with Gasteiger partial charge in [-0.1, -0.05) is 24.3 Å². The smallest absolute Gasteiger partial charge is 0.343 e. The van der Waals surface area contributed by atoms with Crippen LogP contribution in [0.3, 0.4) is 0 Å². The lowest BCUT2D eigenvalue weighted by molar-refractivity contribution is -0.169. The molecule has 0 spiro atoms. The molecule has 18 heavy (non-hydrogen) atoms. The molecule has 2 atom stereocenters. The van der Waals surface area contributed by atoms with Crippen molar-refractivity contribution in [3.8, 4) is 0 Å². The SMILES string of the molecule is O=C(O)C1=Cc2ccccc2C(O)C1(O)C(=O)O. The van der Waals surface area contributed by atoms with E-state index in [0.717, 1.165) is 6.08 Å². The van der Waals surface area contributed by atoms with E-state index in [-0.39, 0.29) is 5.56 Å². The molecule has 0 saturated carbocycles. The predicted octanol–water partition coefficient (Wildman–Crippen LogP) is 0.0173. The summed E-state index contributed by atoms with van der Waals surface area (Å²) in [4.78, 5) is 22.1. The molecule has 4 N–H and O–H groups in total. The number of benzene rings is 1. The van der Waals surface area contributed by atoms with Crippen LogP contribution in [0.25, 0.3) is 6.08 Å². The van der Waals surface area contributed by atoms with Gasteiger partial charge in [0.25, 0.3) is 0 Å². The summed E-state index contributed by atoms with van der Waals surface area (Å²) in [6, 6.07) is 6.14. The summed E-state index contributed by atoms with van der Waals surface area (Å²) in [6.45, 7) is 0. The van der Waals surface area contributed by atoms with E-state index in [4.69, 9.17) is 10.2 Å². The number of rotatable bonds is 2. The van der Waals surface area contributed by atoms with Gasteiger partial charge in [-0.15, -0.1) is 0 Å². The van der Waals surface area contributed by atoms with E-state index in [1.165, 1.54) is 12.1 Å². The van der Waals surface area contributed by atoms with E-state index in [1.54, 1.807) is 12.1 Å². The molecule has 0 aromatic heterocycles. The van der Waals surface area contributed by atoms with Crippen molar-refractivity contribution in [3.63, 3.8) is 0 Å². The van der Waals surface area contributed by atoms with Crippen LogP contribution in [0, 0.1) is 0 Å². The van der Waals surface area contributed by atoms with Gasteiger partial charge >= 0.3 is 11.9 Å². The van der Waals surface area contributed by atoms with E-state index in [1.807, 2.05) is 0 Å². The Morgan fingerprint density at radius 2 is 1.78 bits per heavy atom. The lowest BCUT2D eigenvalue weighted by Gasteiger charge is -2.33. The number of carbonyl (C=O) groups is 2. The number of hydrogen-bond acceptors (Lipinski definition) is 4. The van der Waals surface area contributed by atoms with Crippen molar-refractivity contribution >= 4 is 18.0 Å². The van der Waals surface area contributed by atoms with Crippen LogP contribution in [0.1, 0.15) is 17.2 Å². The second-order valence-electron chi connectivity index (χ2n) is 3.97.